The predicted molar refractivity (Wildman–Crippen MR) is 156 cm³/mol. The maximum atomic E-state index is 13.3. The van der Waals surface area contributed by atoms with E-state index in [2.05, 4.69) is 21.7 Å². The van der Waals surface area contributed by atoms with Gasteiger partial charge in [-0.15, -0.1) is 0 Å². The fourth-order valence-corrected chi connectivity index (χ4v) is 5.13. The molecule has 0 radical (unpaired) electrons. The van der Waals surface area contributed by atoms with Crippen molar-refractivity contribution in [3.05, 3.63) is 72.3 Å². The topological polar surface area (TPSA) is 159 Å². The Hall–Kier alpha value is -4.34. The van der Waals surface area contributed by atoms with Crippen LogP contribution in [-0.4, -0.2) is 100 Å². The van der Waals surface area contributed by atoms with E-state index >= 15 is 0 Å². The Bertz CT molecular complexity index is 1310. The summed E-state index contributed by atoms with van der Waals surface area (Å²) in [5.41, 5.74) is 1.07. The second-order valence-corrected chi connectivity index (χ2v) is 10.5. The van der Waals surface area contributed by atoms with E-state index in [1.165, 1.54) is 12.1 Å². The quantitative estimate of drug-likeness (QED) is 0.303. The van der Waals surface area contributed by atoms with Crippen LogP contribution in [0.1, 0.15) is 12.0 Å². The maximum absolute atomic E-state index is 13.3. The molecule has 238 valence electrons. The maximum Gasteiger partial charge on any atom is 0.416 e. The molecule has 15 heteroatoms. The number of halogens is 3. The van der Waals surface area contributed by atoms with E-state index in [1.54, 1.807) is 17.8 Å². The molecule has 0 aliphatic carbocycles. The lowest BCUT2D eigenvalue weighted by molar-refractivity contribution is -0.137. The third-order valence-corrected chi connectivity index (χ3v) is 7.27. The average Bonchev–Trinajstić information content (AvgIpc) is 2.95. The molecule has 2 aliphatic rings. The number of carbonyl (C=O) groups is 4. The number of fused-ring (bicyclic) bond motifs is 2. The van der Waals surface area contributed by atoms with Crippen molar-refractivity contribution in [2.45, 2.75) is 22.4 Å². The van der Waals surface area contributed by atoms with Gasteiger partial charge in [0.05, 0.1) is 16.9 Å². The van der Waals surface area contributed by atoms with Crippen molar-refractivity contribution in [3.63, 3.8) is 0 Å². The molecule has 4 N–H and O–H groups in total. The van der Waals surface area contributed by atoms with Gasteiger partial charge in [-0.2, -0.15) is 13.2 Å². The normalized spacial score (nSPS) is 15.0. The number of carboxylic acid groups (broad SMARTS) is 4. The largest absolute Gasteiger partial charge is 0.478 e. The summed E-state index contributed by atoms with van der Waals surface area (Å²) < 4.78 is 39.8. The number of hydrogen-bond acceptors (Lipinski definition) is 8. The Labute approximate surface area is 255 Å². The standard InChI is InChI=1S/C21H24F3N3S.2C4H4O4/c1-25-11-13-26(14-12-25)9-4-10-27-17-5-2-3-6-19(17)28-20-8-7-16(15-18(20)27)21(22,23)24;2*5-3(6)1-2-4(7)8/h2-3,5-8,15H,4,9-14H2,1H3;2*1-2H,(H,5,6)(H,7,8)/b;2*2-1+. The third kappa shape index (κ3) is 12.5. The fraction of sp³-hybridized carbons (Fsp3) is 0.310. The molecule has 0 bridgehead atoms. The van der Waals surface area contributed by atoms with Gasteiger partial charge in [0.1, 0.15) is 0 Å². The van der Waals surface area contributed by atoms with Crippen molar-refractivity contribution in [1.29, 1.82) is 0 Å². The van der Waals surface area contributed by atoms with Crippen LogP contribution in [-0.2, 0) is 25.4 Å². The van der Waals surface area contributed by atoms with Crippen LogP contribution in [0.2, 0.25) is 0 Å². The predicted octanol–water partition coefficient (Wildman–Crippen LogP) is 4.37. The molecular formula is C29H32F3N3O8S. The number of nitrogens with zero attached hydrogens (tertiary/aromatic N) is 3. The SMILES string of the molecule is CN1CCN(CCCN2c3ccccc3Sc3ccc(C(F)(F)F)cc32)CC1.O=C(O)/C=C/C(=O)O.O=C(O)/C=C/C(=O)O. The van der Waals surface area contributed by atoms with Crippen molar-refractivity contribution in [1.82, 2.24) is 9.80 Å². The van der Waals surface area contributed by atoms with Gasteiger partial charge in [-0.1, -0.05) is 23.9 Å². The van der Waals surface area contributed by atoms with E-state index in [0.717, 1.165) is 54.6 Å². The lowest BCUT2D eigenvalue weighted by Crippen LogP contribution is -2.45. The first-order valence-corrected chi connectivity index (χ1v) is 13.9. The Kier molecular flexibility index (Phi) is 13.9. The van der Waals surface area contributed by atoms with Gasteiger partial charge < -0.3 is 35.1 Å². The third-order valence-electron chi connectivity index (χ3n) is 6.14. The Morgan fingerprint density at radius 2 is 1.25 bits per heavy atom. The van der Waals surface area contributed by atoms with Gasteiger partial charge in [-0.25, -0.2) is 19.2 Å². The highest BCUT2D eigenvalue weighted by atomic mass is 32.2. The summed E-state index contributed by atoms with van der Waals surface area (Å²) in [4.78, 5) is 47.0. The van der Waals surface area contributed by atoms with Gasteiger partial charge in [0.2, 0.25) is 0 Å². The number of benzene rings is 2. The minimum absolute atomic E-state index is 0.558. The Balaban J connectivity index is 0.000000349. The minimum Gasteiger partial charge on any atom is -0.478 e. The summed E-state index contributed by atoms with van der Waals surface area (Å²) >= 11 is 1.54. The molecule has 0 unspecified atom stereocenters. The summed E-state index contributed by atoms with van der Waals surface area (Å²) in [7, 11) is 2.13. The summed E-state index contributed by atoms with van der Waals surface area (Å²) in [6, 6.07) is 12.0. The molecule has 11 nitrogen and oxygen atoms in total. The summed E-state index contributed by atoms with van der Waals surface area (Å²) in [5, 5.41) is 31.2. The smallest absolute Gasteiger partial charge is 0.416 e. The van der Waals surface area contributed by atoms with Gasteiger partial charge >= 0.3 is 30.1 Å². The second-order valence-electron chi connectivity index (χ2n) is 9.42. The molecule has 1 fully saturated rings. The van der Waals surface area contributed by atoms with Crippen molar-refractivity contribution in [2.24, 2.45) is 0 Å². The van der Waals surface area contributed by atoms with Gasteiger partial charge in [-0.3, -0.25) is 0 Å². The molecule has 2 aromatic carbocycles. The minimum atomic E-state index is -4.33. The van der Waals surface area contributed by atoms with Crippen molar-refractivity contribution in [3.8, 4) is 0 Å². The summed E-state index contributed by atoms with van der Waals surface area (Å²) in [6.45, 7) is 5.92. The van der Waals surface area contributed by atoms with Gasteiger partial charge in [0, 0.05) is 66.8 Å². The molecule has 0 saturated carbocycles. The molecule has 0 aromatic heterocycles. The number of hydrogen-bond donors (Lipinski definition) is 4. The zero-order valence-corrected chi connectivity index (χ0v) is 24.4. The molecule has 0 amide bonds. The van der Waals surface area contributed by atoms with Crippen LogP contribution in [0, 0.1) is 0 Å². The van der Waals surface area contributed by atoms with E-state index in [1.807, 2.05) is 24.3 Å². The van der Waals surface area contributed by atoms with Gasteiger partial charge in [-0.05, 0) is 50.3 Å². The van der Waals surface area contributed by atoms with Crippen molar-refractivity contribution >= 4 is 47.0 Å². The van der Waals surface area contributed by atoms with Crippen LogP contribution in [0.3, 0.4) is 0 Å². The first kappa shape index (κ1) is 35.9. The molecule has 2 aliphatic heterocycles. The monoisotopic (exact) mass is 639 g/mol. The highest BCUT2D eigenvalue weighted by Gasteiger charge is 2.33. The number of alkyl halides is 3. The molecule has 0 spiro atoms. The number of piperazine rings is 1. The molecule has 44 heavy (non-hydrogen) atoms. The zero-order chi connectivity index (χ0) is 32.9. The van der Waals surface area contributed by atoms with Crippen LogP contribution in [0.15, 0.2) is 76.6 Å². The second kappa shape index (κ2) is 17.1. The molecule has 2 heterocycles. The van der Waals surface area contributed by atoms with Gasteiger partial charge in [0.15, 0.2) is 0 Å². The number of carboxylic acids is 4. The van der Waals surface area contributed by atoms with E-state index in [-0.39, 0.29) is 0 Å². The lowest BCUT2D eigenvalue weighted by Gasteiger charge is -2.35. The average molecular weight is 640 g/mol. The number of anilines is 2. The van der Waals surface area contributed by atoms with Gasteiger partial charge in [0.25, 0.3) is 0 Å². The van der Waals surface area contributed by atoms with E-state index in [4.69, 9.17) is 20.4 Å². The zero-order valence-electron chi connectivity index (χ0n) is 23.6. The Morgan fingerprint density at radius 1 is 0.750 bits per heavy atom. The van der Waals surface area contributed by atoms with Crippen molar-refractivity contribution in [2.75, 3.05) is 51.2 Å². The van der Waals surface area contributed by atoms with Crippen LogP contribution >= 0.6 is 11.8 Å². The van der Waals surface area contributed by atoms with Crippen LogP contribution in [0.5, 0.6) is 0 Å². The summed E-state index contributed by atoms with van der Waals surface area (Å²) in [6.07, 6.45) is -1.18. The van der Waals surface area contributed by atoms with Crippen LogP contribution in [0.4, 0.5) is 24.5 Å². The number of likely N-dealkylation sites (N-methyl/N-ethyl adjacent to an activating group) is 1. The first-order chi connectivity index (χ1) is 20.7. The van der Waals surface area contributed by atoms with E-state index in [0.29, 0.717) is 36.5 Å². The van der Waals surface area contributed by atoms with E-state index in [9.17, 15) is 32.3 Å². The fourth-order valence-electron chi connectivity index (χ4n) is 4.06. The molecular weight excluding hydrogens is 607 g/mol. The Morgan fingerprint density at radius 3 is 1.75 bits per heavy atom. The van der Waals surface area contributed by atoms with Crippen LogP contribution < -0.4 is 4.90 Å². The number of para-hydroxylation sites is 1. The molecule has 2 aromatic rings. The van der Waals surface area contributed by atoms with E-state index < -0.39 is 35.6 Å². The highest BCUT2D eigenvalue weighted by Crippen LogP contribution is 2.49. The van der Waals surface area contributed by atoms with Crippen LogP contribution in [0.25, 0.3) is 0 Å². The summed E-state index contributed by atoms with van der Waals surface area (Å²) in [5.74, 6) is -5.03. The lowest BCUT2D eigenvalue weighted by atomic mass is 10.1. The number of aliphatic carboxylic acids is 4. The highest BCUT2D eigenvalue weighted by molar-refractivity contribution is 7.99. The van der Waals surface area contributed by atoms with Crippen molar-refractivity contribution < 1.29 is 52.8 Å². The molecule has 1 saturated heterocycles. The number of rotatable bonds is 8. The molecule has 0 atom stereocenters. The molecule has 4 rings (SSSR count). The first-order valence-electron chi connectivity index (χ1n) is 13.1.